The SMILES string of the molecule is CC(C)(C)c1ccc(N2c3cccc4c3B(c3cc(C(C)(C)C)ccc3O4)c3cc(N(c4ccc(C(C)(C)C)cc4)c4ccc(C(C)(C)C)cc4)c4c(oc5ccccc54)c32)cc1. The van der Waals surface area contributed by atoms with Crippen LogP contribution in [-0.4, -0.2) is 6.71 Å². The van der Waals surface area contributed by atoms with E-state index in [0.717, 1.165) is 67.6 Å². The van der Waals surface area contributed by atoms with E-state index in [1.165, 1.54) is 38.6 Å². The smallest absolute Gasteiger partial charge is 0.256 e. The van der Waals surface area contributed by atoms with Crippen LogP contribution in [-0.2, 0) is 21.7 Å². The van der Waals surface area contributed by atoms with Gasteiger partial charge in [0.25, 0.3) is 6.71 Å². The van der Waals surface area contributed by atoms with Crippen LogP contribution in [0.15, 0.2) is 144 Å². The lowest BCUT2D eigenvalue weighted by Crippen LogP contribution is -2.59. The van der Waals surface area contributed by atoms with Crippen LogP contribution in [0.2, 0.25) is 0 Å². The van der Waals surface area contributed by atoms with Crippen molar-refractivity contribution in [1.29, 1.82) is 0 Å². The Balaban J connectivity index is 1.34. The minimum absolute atomic E-state index is 0.0121. The lowest BCUT2D eigenvalue weighted by Gasteiger charge is -2.41. The number of nitrogens with zero attached hydrogens (tertiary/aromatic N) is 2. The highest BCUT2D eigenvalue weighted by atomic mass is 16.5. The molecule has 10 rings (SSSR count). The van der Waals surface area contributed by atoms with Crippen LogP contribution >= 0.6 is 0 Å². The number of benzene rings is 7. The van der Waals surface area contributed by atoms with Crippen molar-refractivity contribution in [2.75, 3.05) is 9.80 Å². The van der Waals surface area contributed by atoms with E-state index in [-0.39, 0.29) is 28.4 Å². The Morgan fingerprint density at radius 2 is 1.03 bits per heavy atom. The number of fused-ring (bicyclic) bond motifs is 8. The van der Waals surface area contributed by atoms with Crippen molar-refractivity contribution in [3.05, 3.63) is 162 Å². The second-order valence-corrected chi connectivity index (χ2v) is 21.9. The van der Waals surface area contributed by atoms with Gasteiger partial charge in [-0.05, 0) is 127 Å². The normalized spacial score (nSPS) is 13.8. The maximum Gasteiger partial charge on any atom is 0.256 e. The third kappa shape index (κ3) is 6.83. The Morgan fingerprint density at radius 1 is 0.492 bits per heavy atom. The fourth-order valence-electron chi connectivity index (χ4n) is 9.70. The number of ether oxygens (including phenoxy) is 1. The van der Waals surface area contributed by atoms with Crippen molar-refractivity contribution in [2.45, 2.75) is 105 Å². The molecule has 2 aliphatic rings. The molecule has 8 aromatic rings. The molecule has 0 amide bonds. The van der Waals surface area contributed by atoms with Gasteiger partial charge in [-0.3, -0.25) is 0 Å². The van der Waals surface area contributed by atoms with Crippen molar-refractivity contribution < 1.29 is 9.15 Å². The van der Waals surface area contributed by atoms with Crippen molar-refractivity contribution in [3.8, 4) is 11.5 Å². The molecule has 0 unspecified atom stereocenters. The van der Waals surface area contributed by atoms with E-state index in [0.29, 0.717) is 0 Å². The van der Waals surface area contributed by atoms with Gasteiger partial charge in [-0.1, -0.05) is 156 Å². The monoisotopic (exact) mass is 826 g/mol. The molecule has 2 aliphatic heterocycles. The summed E-state index contributed by atoms with van der Waals surface area (Å²) < 4.78 is 14.2. The maximum absolute atomic E-state index is 7.29. The molecular weight excluding hydrogens is 767 g/mol. The molecule has 0 fully saturated rings. The van der Waals surface area contributed by atoms with Gasteiger partial charge < -0.3 is 19.0 Å². The molecular formula is C58H59BN2O2. The average molecular weight is 827 g/mol. The maximum atomic E-state index is 7.29. The van der Waals surface area contributed by atoms with Crippen molar-refractivity contribution >= 4 is 79.2 Å². The highest BCUT2D eigenvalue weighted by Crippen LogP contribution is 2.51. The summed E-state index contributed by atoms with van der Waals surface area (Å²) in [6.45, 7) is 27.2. The number of hydrogen-bond donors (Lipinski definition) is 0. The molecule has 3 heterocycles. The van der Waals surface area contributed by atoms with Crippen LogP contribution in [0.4, 0.5) is 34.1 Å². The zero-order valence-electron chi connectivity index (χ0n) is 39.1. The van der Waals surface area contributed by atoms with E-state index in [4.69, 9.17) is 9.15 Å². The summed E-state index contributed by atoms with van der Waals surface area (Å²) in [6.07, 6.45) is 0. The molecule has 4 nitrogen and oxygen atoms in total. The highest BCUT2D eigenvalue weighted by Gasteiger charge is 2.45. The molecule has 0 bridgehead atoms. The predicted octanol–water partition coefficient (Wildman–Crippen LogP) is 14.7. The van der Waals surface area contributed by atoms with E-state index in [1.54, 1.807) is 0 Å². The van der Waals surface area contributed by atoms with E-state index in [9.17, 15) is 0 Å². The predicted molar refractivity (Wildman–Crippen MR) is 269 cm³/mol. The Labute approximate surface area is 374 Å². The Hall–Kier alpha value is -6.20. The first-order valence-electron chi connectivity index (χ1n) is 22.6. The van der Waals surface area contributed by atoms with Gasteiger partial charge in [-0.15, -0.1) is 0 Å². The molecule has 0 radical (unpaired) electrons. The summed E-state index contributed by atoms with van der Waals surface area (Å²) in [5.74, 6) is 1.78. The summed E-state index contributed by atoms with van der Waals surface area (Å²) in [5.41, 5.74) is 16.9. The Bertz CT molecular complexity index is 3000. The van der Waals surface area contributed by atoms with Crippen molar-refractivity contribution in [1.82, 2.24) is 0 Å². The zero-order valence-corrected chi connectivity index (χ0v) is 39.1. The van der Waals surface area contributed by atoms with Crippen LogP contribution in [0.1, 0.15) is 105 Å². The summed E-state index contributed by atoms with van der Waals surface area (Å²) in [6, 6.07) is 51.9. The summed E-state index contributed by atoms with van der Waals surface area (Å²) >= 11 is 0. The first-order valence-corrected chi connectivity index (χ1v) is 22.6. The minimum atomic E-state index is -0.132. The first kappa shape index (κ1) is 40.9. The van der Waals surface area contributed by atoms with Crippen molar-refractivity contribution in [2.24, 2.45) is 0 Å². The number of furan rings is 1. The summed E-state index contributed by atoms with van der Waals surface area (Å²) in [5, 5.41) is 2.16. The van der Waals surface area contributed by atoms with Gasteiger partial charge in [0.2, 0.25) is 0 Å². The topological polar surface area (TPSA) is 28.9 Å². The van der Waals surface area contributed by atoms with E-state index < -0.39 is 0 Å². The van der Waals surface area contributed by atoms with Gasteiger partial charge in [0.1, 0.15) is 17.1 Å². The quantitative estimate of drug-likeness (QED) is 0.165. The van der Waals surface area contributed by atoms with Gasteiger partial charge in [0.15, 0.2) is 5.58 Å². The molecule has 0 saturated carbocycles. The molecule has 0 spiro atoms. The Morgan fingerprint density at radius 3 is 1.60 bits per heavy atom. The average Bonchev–Trinajstić information content (AvgIpc) is 3.63. The molecule has 5 heteroatoms. The summed E-state index contributed by atoms with van der Waals surface area (Å²) in [7, 11) is 0. The zero-order chi connectivity index (χ0) is 44.4. The Kier molecular flexibility index (Phi) is 9.18. The molecule has 316 valence electrons. The second-order valence-electron chi connectivity index (χ2n) is 21.9. The molecule has 1 aromatic heterocycles. The van der Waals surface area contributed by atoms with Gasteiger partial charge in [-0.2, -0.15) is 0 Å². The lowest BCUT2D eigenvalue weighted by molar-refractivity contribution is 0.486. The van der Waals surface area contributed by atoms with E-state index in [1.807, 2.05) is 0 Å². The standard InChI is InChI=1S/C58H59BN2O2/c1-55(2,3)36-20-27-40(28-21-36)60(41-29-22-37(23-30-41)56(4,5)6)47-35-45-53(54-51(47)43-16-13-14-18-48(43)63-54)61(42-31-24-38(25-32-42)57(7,8)9)46-17-15-19-50-52(46)59(45)44-34-39(58(10,11)12)26-33-49(44)62-50/h13-35H,1-12H3. The van der Waals surface area contributed by atoms with Gasteiger partial charge in [0, 0.05) is 28.1 Å². The molecule has 63 heavy (non-hydrogen) atoms. The number of hydrogen-bond acceptors (Lipinski definition) is 4. The fourth-order valence-corrected chi connectivity index (χ4v) is 9.70. The molecule has 7 aromatic carbocycles. The molecule has 0 aliphatic carbocycles. The van der Waals surface area contributed by atoms with Crippen LogP contribution in [0.3, 0.4) is 0 Å². The highest BCUT2D eigenvalue weighted by molar-refractivity contribution is 6.99. The third-order valence-electron chi connectivity index (χ3n) is 13.4. The van der Waals surface area contributed by atoms with Crippen LogP contribution in [0.5, 0.6) is 11.5 Å². The van der Waals surface area contributed by atoms with Crippen LogP contribution in [0.25, 0.3) is 21.9 Å². The van der Waals surface area contributed by atoms with Gasteiger partial charge in [0.05, 0.1) is 16.8 Å². The van der Waals surface area contributed by atoms with Crippen LogP contribution in [0, 0.1) is 0 Å². The van der Waals surface area contributed by atoms with Gasteiger partial charge >= 0.3 is 0 Å². The number of anilines is 6. The lowest BCUT2D eigenvalue weighted by atomic mass is 9.34. The minimum Gasteiger partial charge on any atom is -0.458 e. The van der Waals surface area contributed by atoms with E-state index in [2.05, 4.69) is 232 Å². The largest absolute Gasteiger partial charge is 0.458 e. The van der Waals surface area contributed by atoms with Crippen molar-refractivity contribution in [3.63, 3.8) is 0 Å². The molecule has 0 atom stereocenters. The number of rotatable bonds is 4. The molecule has 0 saturated heterocycles. The fraction of sp³-hybridized carbons (Fsp3) is 0.276. The van der Waals surface area contributed by atoms with E-state index >= 15 is 0 Å². The van der Waals surface area contributed by atoms with Crippen LogP contribution < -0.4 is 30.9 Å². The van der Waals surface area contributed by atoms with Gasteiger partial charge in [-0.25, -0.2) is 0 Å². The third-order valence-corrected chi connectivity index (χ3v) is 13.4. The first-order chi connectivity index (χ1) is 29.8. The second kappa shape index (κ2) is 14.2. The summed E-state index contributed by atoms with van der Waals surface area (Å²) in [4.78, 5) is 4.90. The number of para-hydroxylation sites is 1. The molecule has 0 N–H and O–H groups in total.